The summed E-state index contributed by atoms with van der Waals surface area (Å²) in [5, 5.41) is 3.65. The first kappa shape index (κ1) is 14.1. The molecular weight excluding hydrogens is 326 g/mol. The van der Waals surface area contributed by atoms with Crippen LogP contribution in [0.4, 0.5) is 0 Å². The molecule has 98 valence electrons. The number of carbonyl (C=O) groups is 1. The Balaban J connectivity index is 2.08. The zero-order valence-corrected chi connectivity index (χ0v) is 12.7. The summed E-state index contributed by atoms with van der Waals surface area (Å²) in [5.74, 6) is -0.0937. The van der Waals surface area contributed by atoms with E-state index in [1.807, 2.05) is 43.3 Å². The zero-order chi connectivity index (χ0) is 13.8. The third kappa shape index (κ3) is 3.82. The Labute approximate surface area is 125 Å². The van der Waals surface area contributed by atoms with Crippen LogP contribution < -0.4 is 5.32 Å². The molecule has 2 rings (SSSR count). The molecule has 0 aliphatic rings. The second kappa shape index (κ2) is 6.22. The molecule has 0 spiro atoms. The van der Waals surface area contributed by atoms with Gasteiger partial charge in [-0.2, -0.15) is 0 Å². The van der Waals surface area contributed by atoms with Crippen LogP contribution in [0.2, 0.25) is 5.02 Å². The van der Waals surface area contributed by atoms with Crippen molar-refractivity contribution in [2.75, 3.05) is 0 Å². The van der Waals surface area contributed by atoms with Crippen molar-refractivity contribution in [2.24, 2.45) is 0 Å². The van der Waals surface area contributed by atoms with Crippen molar-refractivity contribution < 1.29 is 4.79 Å². The van der Waals surface area contributed by atoms with Crippen molar-refractivity contribution in [3.05, 3.63) is 69.2 Å². The van der Waals surface area contributed by atoms with Gasteiger partial charge in [0.25, 0.3) is 5.91 Å². The van der Waals surface area contributed by atoms with Gasteiger partial charge in [0.2, 0.25) is 0 Å². The molecule has 0 aromatic heterocycles. The molecule has 0 aliphatic carbocycles. The second-order valence-electron chi connectivity index (χ2n) is 4.26. The predicted molar refractivity (Wildman–Crippen MR) is 81.5 cm³/mol. The number of hydrogen-bond donors (Lipinski definition) is 1. The minimum Gasteiger partial charge on any atom is -0.346 e. The highest BCUT2D eigenvalue weighted by Crippen LogP contribution is 2.17. The van der Waals surface area contributed by atoms with Crippen molar-refractivity contribution in [1.29, 1.82) is 0 Å². The van der Waals surface area contributed by atoms with Crippen LogP contribution in [0, 0.1) is 0 Å². The lowest BCUT2D eigenvalue weighted by Gasteiger charge is -2.14. The maximum Gasteiger partial charge on any atom is 0.251 e. The van der Waals surface area contributed by atoms with Gasteiger partial charge >= 0.3 is 0 Å². The molecule has 19 heavy (non-hydrogen) atoms. The van der Waals surface area contributed by atoms with E-state index < -0.39 is 0 Å². The molecule has 0 aliphatic heterocycles. The number of carbonyl (C=O) groups excluding carboxylic acids is 1. The monoisotopic (exact) mass is 337 g/mol. The Morgan fingerprint density at radius 2 is 1.89 bits per heavy atom. The molecule has 4 heteroatoms. The number of nitrogens with one attached hydrogen (secondary N) is 1. The topological polar surface area (TPSA) is 29.1 Å². The lowest BCUT2D eigenvalue weighted by Crippen LogP contribution is -2.26. The molecule has 0 fully saturated rings. The number of halogens is 2. The van der Waals surface area contributed by atoms with Gasteiger partial charge in [-0.05, 0) is 42.8 Å². The van der Waals surface area contributed by atoms with E-state index in [0.717, 1.165) is 10.0 Å². The predicted octanol–water partition coefficient (Wildman–Crippen LogP) is 4.59. The summed E-state index contributed by atoms with van der Waals surface area (Å²) in [6, 6.07) is 14.7. The summed E-state index contributed by atoms with van der Waals surface area (Å²) in [6.45, 7) is 1.94. The molecular formula is C15H13BrClNO. The summed E-state index contributed by atoms with van der Waals surface area (Å²) in [4.78, 5) is 12.1. The van der Waals surface area contributed by atoms with Gasteiger partial charge in [0, 0.05) is 15.1 Å². The molecule has 2 aromatic carbocycles. The Morgan fingerprint density at radius 1 is 1.21 bits per heavy atom. The number of rotatable bonds is 3. The van der Waals surface area contributed by atoms with E-state index in [1.54, 1.807) is 12.1 Å². The number of amides is 1. The molecule has 1 amide bonds. The molecule has 0 radical (unpaired) electrons. The van der Waals surface area contributed by atoms with Crippen LogP contribution in [-0.2, 0) is 0 Å². The van der Waals surface area contributed by atoms with Crippen molar-refractivity contribution in [3.8, 4) is 0 Å². The summed E-state index contributed by atoms with van der Waals surface area (Å²) in [6.07, 6.45) is 0. The molecule has 0 saturated heterocycles. The van der Waals surface area contributed by atoms with Gasteiger partial charge in [0.05, 0.1) is 6.04 Å². The summed E-state index contributed by atoms with van der Waals surface area (Å²) in [5.41, 5.74) is 1.66. The molecule has 0 unspecified atom stereocenters. The molecule has 0 heterocycles. The van der Waals surface area contributed by atoms with Crippen molar-refractivity contribution in [3.63, 3.8) is 0 Å². The maximum atomic E-state index is 12.1. The van der Waals surface area contributed by atoms with E-state index in [0.29, 0.717) is 10.6 Å². The Hall–Kier alpha value is -1.32. The van der Waals surface area contributed by atoms with E-state index in [1.165, 1.54) is 0 Å². The van der Waals surface area contributed by atoms with Crippen LogP contribution >= 0.6 is 27.5 Å². The van der Waals surface area contributed by atoms with Gasteiger partial charge in [-0.1, -0.05) is 45.7 Å². The molecule has 0 saturated carbocycles. The summed E-state index contributed by atoms with van der Waals surface area (Å²) in [7, 11) is 0. The fourth-order valence-corrected chi connectivity index (χ4v) is 2.27. The number of hydrogen-bond acceptors (Lipinski definition) is 1. The Kier molecular flexibility index (Phi) is 4.61. The van der Waals surface area contributed by atoms with Gasteiger partial charge in [0.15, 0.2) is 0 Å². The van der Waals surface area contributed by atoms with Gasteiger partial charge in [-0.25, -0.2) is 0 Å². The Bertz CT molecular complexity index is 583. The van der Waals surface area contributed by atoms with Crippen molar-refractivity contribution >= 4 is 33.4 Å². The minimum atomic E-state index is -0.0937. The zero-order valence-electron chi connectivity index (χ0n) is 10.4. The van der Waals surface area contributed by atoms with Crippen molar-refractivity contribution in [1.82, 2.24) is 5.32 Å². The van der Waals surface area contributed by atoms with E-state index in [9.17, 15) is 4.79 Å². The second-order valence-corrected chi connectivity index (χ2v) is 5.61. The van der Waals surface area contributed by atoms with E-state index in [2.05, 4.69) is 21.2 Å². The average Bonchev–Trinajstić information content (AvgIpc) is 2.39. The van der Waals surface area contributed by atoms with E-state index >= 15 is 0 Å². The average molecular weight is 339 g/mol. The first-order chi connectivity index (χ1) is 9.06. The lowest BCUT2D eigenvalue weighted by molar-refractivity contribution is 0.0940. The van der Waals surface area contributed by atoms with Gasteiger partial charge in [-0.3, -0.25) is 4.79 Å². The first-order valence-electron chi connectivity index (χ1n) is 5.88. The third-order valence-electron chi connectivity index (χ3n) is 2.80. The normalized spacial score (nSPS) is 11.9. The highest BCUT2D eigenvalue weighted by Gasteiger charge is 2.11. The molecule has 2 nitrogen and oxygen atoms in total. The summed E-state index contributed by atoms with van der Waals surface area (Å²) >= 11 is 9.20. The standard InChI is InChI=1S/C15H13BrClNO/c1-10(11-5-7-14(17)8-6-11)18-15(19)12-3-2-4-13(16)9-12/h2-10H,1H3,(H,18,19)/t10-/m1/s1. The molecule has 1 N–H and O–H groups in total. The summed E-state index contributed by atoms with van der Waals surface area (Å²) < 4.78 is 0.888. The third-order valence-corrected chi connectivity index (χ3v) is 3.55. The van der Waals surface area contributed by atoms with Crippen LogP contribution in [0.15, 0.2) is 53.0 Å². The van der Waals surface area contributed by atoms with E-state index in [4.69, 9.17) is 11.6 Å². The quantitative estimate of drug-likeness (QED) is 0.871. The van der Waals surface area contributed by atoms with Crippen LogP contribution in [0.5, 0.6) is 0 Å². The number of benzene rings is 2. The lowest BCUT2D eigenvalue weighted by atomic mass is 10.1. The minimum absolute atomic E-state index is 0.0660. The molecule has 0 bridgehead atoms. The van der Waals surface area contributed by atoms with Gasteiger partial charge in [-0.15, -0.1) is 0 Å². The highest BCUT2D eigenvalue weighted by atomic mass is 79.9. The largest absolute Gasteiger partial charge is 0.346 e. The van der Waals surface area contributed by atoms with Gasteiger partial charge < -0.3 is 5.32 Å². The van der Waals surface area contributed by atoms with E-state index in [-0.39, 0.29) is 11.9 Å². The van der Waals surface area contributed by atoms with Gasteiger partial charge in [0.1, 0.15) is 0 Å². The first-order valence-corrected chi connectivity index (χ1v) is 7.05. The molecule has 1 atom stereocenters. The highest BCUT2D eigenvalue weighted by molar-refractivity contribution is 9.10. The van der Waals surface area contributed by atoms with Crippen LogP contribution in [0.1, 0.15) is 28.9 Å². The van der Waals surface area contributed by atoms with Crippen molar-refractivity contribution in [2.45, 2.75) is 13.0 Å². The van der Waals surface area contributed by atoms with Crippen LogP contribution in [0.25, 0.3) is 0 Å². The SMILES string of the molecule is C[C@@H](NC(=O)c1cccc(Br)c1)c1ccc(Cl)cc1. The Morgan fingerprint density at radius 3 is 2.53 bits per heavy atom. The fourth-order valence-electron chi connectivity index (χ4n) is 1.74. The molecule has 2 aromatic rings. The maximum absolute atomic E-state index is 12.1. The van der Waals surface area contributed by atoms with Crippen LogP contribution in [0.3, 0.4) is 0 Å². The smallest absolute Gasteiger partial charge is 0.251 e. The fraction of sp³-hybridized carbons (Fsp3) is 0.133. The van der Waals surface area contributed by atoms with Crippen LogP contribution in [-0.4, -0.2) is 5.91 Å².